The van der Waals surface area contributed by atoms with Gasteiger partial charge in [0.25, 0.3) is 12.9 Å². The SMILES string of the molecule is CCCCOC(=O)C(C(=O)OCCCC)[C@@]1(c2ccc(CO)cc2)CC[C@@]2(C)[C@H](C[C@@H](OC=O)[C@@H]3[C@@H]2C[C@H](OC=O)[C@]2(C)[C@@H]([C@H](C)CC(=O)OC)CC[C@@H]32)C1. The van der Waals surface area contributed by atoms with Crippen LogP contribution < -0.4 is 0 Å². The molecular formula is C44H64O11. The smallest absolute Gasteiger partial charge is 0.321 e. The van der Waals surface area contributed by atoms with Crippen molar-refractivity contribution in [2.45, 2.75) is 136 Å². The van der Waals surface area contributed by atoms with Crippen LogP contribution in [0.2, 0.25) is 0 Å². The van der Waals surface area contributed by atoms with E-state index < -0.39 is 40.9 Å². The molecule has 4 aliphatic rings. The Balaban J connectivity index is 1.58. The number of fused-ring (bicyclic) bond motifs is 5. The molecule has 0 radical (unpaired) electrons. The van der Waals surface area contributed by atoms with Crippen LogP contribution in [0.5, 0.6) is 0 Å². The lowest BCUT2D eigenvalue weighted by Crippen LogP contribution is -2.64. The lowest BCUT2D eigenvalue weighted by atomic mass is 9.40. The van der Waals surface area contributed by atoms with Gasteiger partial charge in [-0.2, -0.15) is 0 Å². The van der Waals surface area contributed by atoms with Gasteiger partial charge in [-0.1, -0.05) is 71.7 Å². The highest BCUT2D eigenvalue weighted by molar-refractivity contribution is 5.97. The number of unbranched alkanes of at least 4 members (excludes halogenated alkanes) is 2. The molecule has 4 fully saturated rings. The maximum atomic E-state index is 14.3. The quantitative estimate of drug-likeness (QED) is 0.0547. The summed E-state index contributed by atoms with van der Waals surface area (Å²) in [5.74, 6) is -2.62. The van der Waals surface area contributed by atoms with Crippen molar-refractivity contribution in [3.05, 3.63) is 35.4 Å². The van der Waals surface area contributed by atoms with Gasteiger partial charge >= 0.3 is 17.9 Å². The van der Waals surface area contributed by atoms with Crippen LogP contribution in [0.4, 0.5) is 0 Å². The predicted molar refractivity (Wildman–Crippen MR) is 203 cm³/mol. The molecule has 0 saturated heterocycles. The van der Waals surface area contributed by atoms with Gasteiger partial charge in [-0.3, -0.25) is 24.0 Å². The lowest BCUT2D eigenvalue weighted by Gasteiger charge is -2.65. The summed E-state index contributed by atoms with van der Waals surface area (Å²) in [6.45, 7) is 11.9. The molecule has 55 heavy (non-hydrogen) atoms. The zero-order valence-electron chi connectivity index (χ0n) is 33.8. The fourth-order valence-corrected chi connectivity index (χ4v) is 12.1. The summed E-state index contributed by atoms with van der Waals surface area (Å²) in [6, 6.07) is 7.50. The Labute approximate surface area is 326 Å². The topological polar surface area (TPSA) is 152 Å². The lowest BCUT2D eigenvalue weighted by molar-refractivity contribution is -0.219. The highest BCUT2D eigenvalue weighted by Gasteiger charge is 2.69. The Kier molecular flexibility index (Phi) is 14.1. The van der Waals surface area contributed by atoms with Crippen molar-refractivity contribution in [1.82, 2.24) is 0 Å². The first-order chi connectivity index (χ1) is 26.4. The molecule has 0 spiro atoms. The highest BCUT2D eigenvalue weighted by Crippen LogP contribution is 2.71. The summed E-state index contributed by atoms with van der Waals surface area (Å²) < 4.78 is 28.9. The summed E-state index contributed by atoms with van der Waals surface area (Å²) in [6.07, 6.45) is 6.83. The van der Waals surface area contributed by atoms with Crippen LogP contribution in [0.15, 0.2) is 24.3 Å². The number of ether oxygens (including phenoxy) is 5. The van der Waals surface area contributed by atoms with Gasteiger partial charge in [-0.15, -0.1) is 0 Å². The van der Waals surface area contributed by atoms with E-state index in [4.69, 9.17) is 23.7 Å². The number of hydrogen-bond donors (Lipinski definition) is 1. The monoisotopic (exact) mass is 768 g/mol. The number of rotatable bonds is 18. The second-order valence-corrected chi connectivity index (χ2v) is 17.5. The molecule has 11 heteroatoms. The first-order valence-electron chi connectivity index (χ1n) is 20.7. The van der Waals surface area contributed by atoms with Crippen molar-refractivity contribution in [2.24, 2.45) is 52.3 Å². The van der Waals surface area contributed by atoms with Crippen molar-refractivity contribution >= 4 is 30.9 Å². The number of methoxy groups -OCH3 is 1. The van der Waals surface area contributed by atoms with Crippen LogP contribution in [-0.4, -0.2) is 68.5 Å². The fourth-order valence-electron chi connectivity index (χ4n) is 12.1. The van der Waals surface area contributed by atoms with Gasteiger partial charge in [0.2, 0.25) is 0 Å². The molecule has 0 aliphatic heterocycles. The summed E-state index contributed by atoms with van der Waals surface area (Å²) in [5, 5.41) is 9.90. The number of aliphatic hydroxyl groups is 1. The first kappa shape index (κ1) is 42.7. The molecule has 1 N–H and O–H groups in total. The van der Waals surface area contributed by atoms with Gasteiger partial charge in [-0.25, -0.2) is 0 Å². The molecule has 0 heterocycles. The third-order valence-corrected chi connectivity index (χ3v) is 15.0. The van der Waals surface area contributed by atoms with Crippen LogP contribution in [-0.2, 0) is 59.7 Å². The van der Waals surface area contributed by atoms with E-state index in [9.17, 15) is 29.1 Å². The number of hydrogen-bond acceptors (Lipinski definition) is 11. The van der Waals surface area contributed by atoms with Crippen LogP contribution in [0.1, 0.15) is 123 Å². The molecule has 1 aromatic rings. The van der Waals surface area contributed by atoms with E-state index in [0.29, 0.717) is 63.5 Å². The van der Waals surface area contributed by atoms with Gasteiger partial charge in [-0.05, 0) is 104 Å². The summed E-state index contributed by atoms with van der Waals surface area (Å²) in [4.78, 5) is 65.5. The van der Waals surface area contributed by atoms with Gasteiger partial charge in [0.05, 0.1) is 26.9 Å². The number of aliphatic hydroxyl groups excluding tert-OH is 1. The number of carbonyl (C=O) groups excluding carboxylic acids is 5. The van der Waals surface area contributed by atoms with E-state index in [1.54, 1.807) is 0 Å². The minimum Gasteiger partial charge on any atom is -0.469 e. The van der Waals surface area contributed by atoms with Crippen molar-refractivity contribution in [1.29, 1.82) is 0 Å². The average Bonchev–Trinajstić information content (AvgIpc) is 3.54. The van der Waals surface area contributed by atoms with Crippen LogP contribution in [0.25, 0.3) is 0 Å². The van der Waals surface area contributed by atoms with Crippen LogP contribution >= 0.6 is 0 Å². The van der Waals surface area contributed by atoms with E-state index in [2.05, 4.69) is 20.8 Å². The fraction of sp³-hybridized carbons (Fsp3) is 0.750. The molecule has 0 unspecified atom stereocenters. The van der Waals surface area contributed by atoms with Crippen LogP contribution in [0, 0.1) is 52.3 Å². The third-order valence-electron chi connectivity index (χ3n) is 15.0. The van der Waals surface area contributed by atoms with E-state index in [1.807, 2.05) is 38.1 Å². The maximum absolute atomic E-state index is 14.3. The summed E-state index contributed by atoms with van der Waals surface area (Å²) >= 11 is 0. The molecule has 1 aromatic carbocycles. The molecule has 4 saturated carbocycles. The molecule has 306 valence electrons. The second kappa shape index (κ2) is 18.2. The first-order valence-corrected chi connectivity index (χ1v) is 20.7. The number of benzene rings is 1. The third kappa shape index (κ3) is 8.06. The van der Waals surface area contributed by atoms with E-state index in [0.717, 1.165) is 31.2 Å². The highest BCUT2D eigenvalue weighted by atomic mass is 16.6. The largest absolute Gasteiger partial charge is 0.469 e. The van der Waals surface area contributed by atoms with Crippen LogP contribution in [0.3, 0.4) is 0 Å². The van der Waals surface area contributed by atoms with Crippen molar-refractivity contribution in [3.63, 3.8) is 0 Å². The van der Waals surface area contributed by atoms with Gasteiger partial charge < -0.3 is 28.8 Å². The van der Waals surface area contributed by atoms with Gasteiger partial charge in [0, 0.05) is 23.2 Å². The molecule has 4 aliphatic carbocycles. The average molecular weight is 769 g/mol. The molecule has 11 nitrogen and oxygen atoms in total. The normalized spacial score (nSPS) is 34.3. The molecule has 0 aromatic heterocycles. The Morgan fingerprint density at radius 3 is 2.09 bits per heavy atom. The second-order valence-electron chi connectivity index (χ2n) is 17.5. The van der Waals surface area contributed by atoms with Crippen molar-refractivity contribution in [3.8, 4) is 0 Å². The molecule has 11 atom stereocenters. The van der Waals surface area contributed by atoms with Gasteiger partial charge in [0.15, 0.2) is 5.92 Å². The van der Waals surface area contributed by atoms with Gasteiger partial charge in [0.1, 0.15) is 12.2 Å². The Bertz CT molecular complexity index is 1470. The zero-order chi connectivity index (χ0) is 40.0. The van der Waals surface area contributed by atoms with E-state index >= 15 is 0 Å². The maximum Gasteiger partial charge on any atom is 0.321 e. The van der Waals surface area contributed by atoms with E-state index in [-0.39, 0.29) is 73.1 Å². The summed E-state index contributed by atoms with van der Waals surface area (Å²) in [7, 11) is 1.40. The molecule has 0 bridgehead atoms. The zero-order valence-corrected chi connectivity index (χ0v) is 33.8. The Morgan fingerprint density at radius 2 is 1.53 bits per heavy atom. The molecule has 0 amide bonds. The van der Waals surface area contributed by atoms with E-state index in [1.165, 1.54) is 7.11 Å². The Hall–Kier alpha value is -3.47. The minimum absolute atomic E-state index is 0.00673. The number of carbonyl (C=O) groups is 5. The Morgan fingerprint density at radius 1 is 0.891 bits per heavy atom. The molecular weight excluding hydrogens is 704 g/mol. The summed E-state index contributed by atoms with van der Waals surface area (Å²) in [5.41, 5.74) is -0.233. The standard InChI is InChI=1S/C44H64O11/c1-7-9-19-52-40(49)39(41(50)53-20-10-8-2)44(30-13-11-29(25-45)12-14-30)18-17-42(4)31(24-44)22-35(54-26-46)38-33-16-15-32(28(3)21-37(48)51-6)43(33,5)36(55-27-47)23-34(38)42/h11-14,26-28,31-36,38-39,45H,7-10,15-25H2,1-6H3/t28-,31-,32-,33+,34+,35-,36+,38+,42+,43-,44+/m1/s1. The predicted octanol–water partition coefficient (Wildman–Crippen LogP) is 6.88. The number of esters is 3. The molecule has 5 rings (SSSR count). The van der Waals surface area contributed by atoms with Crippen molar-refractivity contribution < 1.29 is 52.8 Å². The van der Waals surface area contributed by atoms with Crippen molar-refractivity contribution in [2.75, 3.05) is 20.3 Å². The minimum atomic E-state index is -1.22.